The summed E-state index contributed by atoms with van der Waals surface area (Å²) in [5.41, 5.74) is 1.24. The maximum absolute atomic E-state index is 13.0. The number of carbonyl (C=O) groups is 1. The summed E-state index contributed by atoms with van der Waals surface area (Å²) in [6.07, 6.45) is 1.58. The molecule has 4 nitrogen and oxygen atoms in total. The number of pyridine rings is 1. The average Bonchev–Trinajstić information content (AvgIpc) is 2.37. The van der Waals surface area contributed by atoms with E-state index in [2.05, 4.69) is 15.6 Å². The van der Waals surface area contributed by atoms with Gasteiger partial charge >= 0.3 is 6.03 Å². The molecule has 0 radical (unpaired) electrons. The van der Waals surface area contributed by atoms with Crippen LogP contribution in [-0.2, 0) is 0 Å². The second-order valence-corrected chi connectivity index (χ2v) is 4.28. The number of nitrogens with zero attached hydrogens (tertiary/aromatic N) is 1. The van der Waals surface area contributed by atoms with Crippen molar-refractivity contribution in [2.24, 2.45) is 0 Å². The molecule has 0 bridgehead atoms. The number of halogens is 2. The molecule has 2 amide bonds. The summed E-state index contributed by atoms with van der Waals surface area (Å²) < 4.78 is 13.0. The summed E-state index contributed by atoms with van der Waals surface area (Å²) in [4.78, 5) is 15.8. The van der Waals surface area contributed by atoms with Gasteiger partial charge in [-0.2, -0.15) is 0 Å². The van der Waals surface area contributed by atoms with Gasteiger partial charge in [0.05, 0.1) is 5.02 Å². The first-order valence-electron chi connectivity index (χ1n) is 5.51. The zero-order chi connectivity index (χ0) is 13.8. The number of carbonyl (C=O) groups excluding carboxylic acids is 1. The van der Waals surface area contributed by atoms with Crippen molar-refractivity contribution in [2.45, 2.75) is 6.92 Å². The highest BCUT2D eigenvalue weighted by atomic mass is 35.5. The van der Waals surface area contributed by atoms with E-state index in [1.165, 1.54) is 18.2 Å². The molecule has 0 spiro atoms. The Morgan fingerprint density at radius 3 is 2.79 bits per heavy atom. The van der Waals surface area contributed by atoms with E-state index in [4.69, 9.17) is 11.6 Å². The Morgan fingerprint density at radius 2 is 2.11 bits per heavy atom. The lowest BCUT2D eigenvalue weighted by molar-refractivity contribution is 0.262. The molecule has 0 saturated carbocycles. The monoisotopic (exact) mass is 279 g/mol. The van der Waals surface area contributed by atoms with Crippen LogP contribution in [0.25, 0.3) is 0 Å². The lowest BCUT2D eigenvalue weighted by Crippen LogP contribution is -2.20. The lowest BCUT2D eigenvalue weighted by Gasteiger charge is -2.09. The highest BCUT2D eigenvalue weighted by Gasteiger charge is 2.07. The van der Waals surface area contributed by atoms with Gasteiger partial charge < -0.3 is 5.32 Å². The van der Waals surface area contributed by atoms with Gasteiger partial charge in [-0.05, 0) is 36.8 Å². The molecule has 0 aliphatic rings. The maximum atomic E-state index is 13.0. The van der Waals surface area contributed by atoms with Crippen molar-refractivity contribution >= 4 is 29.1 Å². The molecule has 2 N–H and O–H groups in total. The number of hydrogen-bond acceptors (Lipinski definition) is 2. The molecule has 0 unspecified atom stereocenters. The molecule has 0 aliphatic heterocycles. The van der Waals surface area contributed by atoms with Crippen LogP contribution in [0.15, 0.2) is 36.5 Å². The molecule has 2 aromatic rings. The van der Waals surface area contributed by atoms with Crippen molar-refractivity contribution in [1.29, 1.82) is 0 Å². The van der Waals surface area contributed by atoms with Crippen LogP contribution in [0.3, 0.4) is 0 Å². The van der Waals surface area contributed by atoms with Gasteiger partial charge in [0.1, 0.15) is 11.6 Å². The molecular formula is C13H11ClFN3O. The summed E-state index contributed by atoms with van der Waals surface area (Å²) in [5.74, 6) is -0.0681. The zero-order valence-corrected chi connectivity index (χ0v) is 10.8. The fourth-order valence-electron chi connectivity index (χ4n) is 1.46. The number of rotatable bonds is 2. The van der Waals surface area contributed by atoms with Gasteiger partial charge in [-0.25, -0.2) is 14.2 Å². The van der Waals surface area contributed by atoms with Crippen molar-refractivity contribution < 1.29 is 9.18 Å². The smallest absolute Gasteiger partial charge is 0.308 e. The van der Waals surface area contributed by atoms with Crippen molar-refractivity contribution in [1.82, 2.24) is 4.98 Å². The Hall–Kier alpha value is -2.14. The quantitative estimate of drug-likeness (QED) is 0.878. The summed E-state index contributed by atoms with van der Waals surface area (Å²) in [7, 11) is 0. The van der Waals surface area contributed by atoms with Gasteiger partial charge in [0.25, 0.3) is 0 Å². The third kappa shape index (κ3) is 3.42. The van der Waals surface area contributed by atoms with Gasteiger partial charge in [-0.3, -0.25) is 5.32 Å². The molecule has 0 saturated heterocycles. The standard InChI is InChI=1S/C13H11ClFN3O/c1-8-3-2-6-16-12(8)18-13(19)17-9-4-5-11(15)10(14)7-9/h2-7H,1H3,(H2,16,17,18,19). The number of urea groups is 1. The third-order valence-electron chi connectivity index (χ3n) is 2.42. The number of aromatic nitrogens is 1. The highest BCUT2D eigenvalue weighted by Crippen LogP contribution is 2.19. The second kappa shape index (κ2) is 5.67. The normalized spacial score (nSPS) is 10.1. The highest BCUT2D eigenvalue weighted by molar-refractivity contribution is 6.31. The molecule has 19 heavy (non-hydrogen) atoms. The SMILES string of the molecule is Cc1cccnc1NC(=O)Nc1ccc(F)c(Cl)c1. The van der Waals surface area contributed by atoms with E-state index in [1.54, 1.807) is 12.3 Å². The number of hydrogen-bond donors (Lipinski definition) is 2. The van der Waals surface area contributed by atoms with Crippen LogP contribution in [0.1, 0.15) is 5.56 Å². The van der Waals surface area contributed by atoms with E-state index in [0.29, 0.717) is 11.5 Å². The molecule has 98 valence electrons. The average molecular weight is 280 g/mol. The van der Waals surface area contributed by atoms with Gasteiger partial charge in [-0.15, -0.1) is 0 Å². The van der Waals surface area contributed by atoms with E-state index in [0.717, 1.165) is 5.56 Å². The Labute approximate surface area is 114 Å². The minimum atomic E-state index is -0.534. The Kier molecular flexibility index (Phi) is 3.97. The third-order valence-corrected chi connectivity index (χ3v) is 2.71. The first-order valence-corrected chi connectivity index (χ1v) is 5.89. The molecule has 1 aromatic carbocycles. The van der Waals surface area contributed by atoms with Gasteiger partial charge in [0, 0.05) is 11.9 Å². The van der Waals surface area contributed by atoms with Crippen LogP contribution in [0.4, 0.5) is 20.7 Å². The van der Waals surface area contributed by atoms with Crippen molar-refractivity contribution in [2.75, 3.05) is 10.6 Å². The van der Waals surface area contributed by atoms with E-state index in [-0.39, 0.29) is 5.02 Å². The minimum absolute atomic E-state index is 0.0492. The van der Waals surface area contributed by atoms with Crippen LogP contribution in [-0.4, -0.2) is 11.0 Å². The van der Waals surface area contributed by atoms with E-state index >= 15 is 0 Å². The summed E-state index contributed by atoms with van der Waals surface area (Å²) in [6, 6.07) is 7.08. The summed E-state index contributed by atoms with van der Waals surface area (Å²) in [5, 5.41) is 5.09. The second-order valence-electron chi connectivity index (χ2n) is 3.88. The summed E-state index contributed by atoms with van der Waals surface area (Å²) >= 11 is 5.62. The predicted octanol–water partition coefficient (Wildman–Crippen LogP) is 3.83. The van der Waals surface area contributed by atoms with E-state index in [9.17, 15) is 9.18 Å². The molecule has 0 atom stereocenters. The maximum Gasteiger partial charge on any atom is 0.324 e. The molecular weight excluding hydrogens is 269 g/mol. The molecule has 0 aliphatic carbocycles. The van der Waals surface area contributed by atoms with Crippen LogP contribution in [0.2, 0.25) is 5.02 Å². The van der Waals surface area contributed by atoms with Gasteiger partial charge in [0.15, 0.2) is 0 Å². The van der Waals surface area contributed by atoms with Crippen LogP contribution < -0.4 is 10.6 Å². The van der Waals surface area contributed by atoms with Crippen LogP contribution in [0.5, 0.6) is 0 Å². The van der Waals surface area contributed by atoms with Gasteiger partial charge in [-0.1, -0.05) is 17.7 Å². The van der Waals surface area contributed by atoms with Crippen molar-refractivity contribution in [3.63, 3.8) is 0 Å². The number of benzene rings is 1. The number of nitrogens with one attached hydrogen (secondary N) is 2. The van der Waals surface area contributed by atoms with Gasteiger partial charge in [0.2, 0.25) is 0 Å². The number of aryl methyl sites for hydroxylation is 1. The van der Waals surface area contributed by atoms with E-state index in [1.807, 2.05) is 13.0 Å². The summed E-state index contributed by atoms with van der Waals surface area (Å²) in [6.45, 7) is 1.83. The van der Waals surface area contributed by atoms with Crippen molar-refractivity contribution in [3.8, 4) is 0 Å². The zero-order valence-electron chi connectivity index (χ0n) is 10.1. The number of anilines is 2. The molecule has 1 aromatic heterocycles. The topological polar surface area (TPSA) is 54.0 Å². The largest absolute Gasteiger partial charge is 0.324 e. The van der Waals surface area contributed by atoms with E-state index < -0.39 is 11.8 Å². The molecule has 0 fully saturated rings. The Bertz CT molecular complexity index is 619. The first kappa shape index (κ1) is 13.3. The van der Waals surface area contributed by atoms with Crippen molar-refractivity contribution in [3.05, 3.63) is 52.9 Å². The molecule has 6 heteroatoms. The Balaban J connectivity index is 2.05. The number of amides is 2. The fourth-order valence-corrected chi connectivity index (χ4v) is 1.64. The Morgan fingerprint density at radius 1 is 1.32 bits per heavy atom. The fraction of sp³-hybridized carbons (Fsp3) is 0.0769. The molecule has 1 heterocycles. The van der Waals surface area contributed by atoms with Crippen LogP contribution in [0, 0.1) is 12.7 Å². The minimum Gasteiger partial charge on any atom is -0.308 e. The first-order chi connectivity index (χ1) is 9.06. The predicted molar refractivity (Wildman–Crippen MR) is 73.0 cm³/mol. The van der Waals surface area contributed by atoms with Crippen LogP contribution >= 0.6 is 11.6 Å². The molecule has 2 rings (SSSR count). The lowest BCUT2D eigenvalue weighted by atomic mass is 10.3.